The molecular weight excluding hydrogens is 380 g/mol. The Morgan fingerprint density at radius 2 is 1.81 bits per heavy atom. The van der Waals surface area contributed by atoms with E-state index >= 15 is 0 Å². The third kappa shape index (κ3) is 3.40. The van der Waals surface area contributed by atoms with Crippen molar-refractivity contribution in [2.45, 2.75) is 23.8 Å². The molecule has 26 heavy (non-hydrogen) atoms. The smallest absolute Gasteiger partial charge is 0.289 e. The molecule has 2 aliphatic heterocycles. The molecule has 3 rings (SSSR count). The molecule has 0 aromatic heterocycles. The Labute approximate surface area is 156 Å². The van der Waals surface area contributed by atoms with E-state index in [1.165, 1.54) is 29.5 Å². The molecule has 0 unspecified atom stereocenters. The molecule has 2 amide bonds. The molecular formula is C16H20N2O6S2. The number of nitrogens with zero attached hydrogens (tertiary/aromatic N) is 2. The van der Waals surface area contributed by atoms with Gasteiger partial charge in [-0.15, -0.1) is 0 Å². The predicted molar refractivity (Wildman–Crippen MR) is 96.0 cm³/mol. The lowest BCUT2D eigenvalue weighted by atomic mass is 10.1. The van der Waals surface area contributed by atoms with E-state index in [4.69, 9.17) is 9.47 Å². The van der Waals surface area contributed by atoms with Gasteiger partial charge in [-0.05, 0) is 25.0 Å². The number of imide groups is 1. The van der Waals surface area contributed by atoms with Crippen molar-refractivity contribution < 1.29 is 27.5 Å². The lowest BCUT2D eigenvalue weighted by Gasteiger charge is -2.34. The lowest BCUT2D eigenvalue weighted by molar-refractivity contribution is -0.126. The number of ether oxygens (including phenoxy) is 2. The van der Waals surface area contributed by atoms with Crippen LogP contribution in [0.2, 0.25) is 0 Å². The minimum absolute atomic E-state index is 0.0432. The first kappa shape index (κ1) is 19.0. The highest BCUT2D eigenvalue weighted by Crippen LogP contribution is 2.33. The largest absolute Gasteiger partial charge is 0.497 e. The van der Waals surface area contributed by atoms with Gasteiger partial charge in [-0.25, -0.2) is 8.42 Å². The lowest BCUT2D eigenvalue weighted by Crippen LogP contribution is -2.48. The van der Waals surface area contributed by atoms with E-state index in [1.54, 1.807) is 12.1 Å². The molecule has 2 saturated heterocycles. The van der Waals surface area contributed by atoms with Gasteiger partial charge in [0.2, 0.25) is 15.9 Å². The number of sulfonamides is 1. The first-order chi connectivity index (χ1) is 12.4. The minimum Gasteiger partial charge on any atom is -0.497 e. The maximum atomic E-state index is 13.0. The molecule has 1 aromatic carbocycles. The molecule has 0 bridgehead atoms. The maximum Gasteiger partial charge on any atom is 0.289 e. The fourth-order valence-electron chi connectivity index (χ4n) is 3.18. The van der Waals surface area contributed by atoms with Gasteiger partial charge in [0.05, 0.1) is 20.0 Å². The monoisotopic (exact) mass is 400 g/mol. The van der Waals surface area contributed by atoms with Gasteiger partial charge in [-0.2, -0.15) is 4.31 Å². The van der Waals surface area contributed by atoms with Crippen LogP contribution in [-0.4, -0.2) is 67.9 Å². The SMILES string of the molecule is COc1ccc(OC)c(S(=O)(=O)N2CCC(N3C(=O)CSC3=O)CC2)c1. The summed E-state index contributed by atoms with van der Waals surface area (Å²) in [6.07, 6.45) is 0.840. The highest BCUT2D eigenvalue weighted by molar-refractivity contribution is 8.14. The molecule has 2 heterocycles. The highest BCUT2D eigenvalue weighted by Gasteiger charge is 2.39. The molecule has 10 heteroatoms. The number of rotatable bonds is 5. The van der Waals surface area contributed by atoms with Crippen molar-refractivity contribution in [1.29, 1.82) is 0 Å². The number of carbonyl (C=O) groups is 2. The van der Waals surface area contributed by atoms with E-state index in [9.17, 15) is 18.0 Å². The molecule has 1 aromatic rings. The standard InChI is InChI=1S/C16H20N2O6S2/c1-23-12-3-4-13(24-2)14(9-12)26(21,22)17-7-5-11(6-8-17)18-15(19)10-25-16(18)20/h3-4,9,11H,5-8,10H2,1-2H3. The predicted octanol–water partition coefficient (Wildman–Crippen LogP) is 1.55. The van der Waals surface area contributed by atoms with Crippen molar-refractivity contribution >= 4 is 32.9 Å². The van der Waals surface area contributed by atoms with Crippen molar-refractivity contribution in [3.8, 4) is 11.5 Å². The van der Waals surface area contributed by atoms with Gasteiger partial charge < -0.3 is 9.47 Å². The van der Waals surface area contributed by atoms with E-state index in [1.807, 2.05) is 0 Å². The van der Waals surface area contributed by atoms with Gasteiger partial charge in [-0.3, -0.25) is 14.5 Å². The van der Waals surface area contributed by atoms with Crippen molar-refractivity contribution in [3.05, 3.63) is 18.2 Å². The average Bonchev–Trinajstić information content (AvgIpc) is 2.99. The van der Waals surface area contributed by atoms with E-state index < -0.39 is 10.0 Å². The normalized spacial score (nSPS) is 19.8. The Balaban J connectivity index is 1.78. The Hall–Kier alpha value is -1.78. The summed E-state index contributed by atoms with van der Waals surface area (Å²) in [6.45, 7) is 0.462. The number of hydrogen-bond donors (Lipinski definition) is 0. The topological polar surface area (TPSA) is 93.2 Å². The van der Waals surface area contributed by atoms with Crippen LogP contribution in [-0.2, 0) is 14.8 Å². The zero-order valence-electron chi connectivity index (χ0n) is 14.5. The zero-order valence-corrected chi connectivity index (χ0v) is 16.1. The molecule has 2 fully saturated rings. The first-order valence-electron chi connectivity index (χ1n) is 8.09. The highest BCUT2D eigenvalue weighted by atomic mass is 32.2. The van der Waals surface area contributed by atoms with Crippen molar-refractivity contribution in [1.82, 2.24) is 9.21 Å². The molecule has 0 atom stereocenters. The number of piperidine rings is 1. The summed E-state index contributed by atoms with van der Waals surface area (Å²) in [5.41, 5.74) is 0. The summed E-state index contributed by atoms with van der Waals surface area (Å²) in [7, 11) is -0.901. The summed E-state index contributed by atoms with van der Waals surface area (Å²) in [5.74, 6) is 0.632. The van der Waals surface area contributed by atoms with Crippen molar-refractivity contribution in [2.24, 2.45) is 0 Å². The van der Waals surface area contributed by atoms with Crippen LogP contribution >= 0.6 is 11.8 Å². The third-order valence-corrected chi connectivity index (χ3v) is 7.32. The summed E-state index contributed by atoms with van der Waals surface area (Å²) >= 11 is 0.995. The minimum atomic E-state index is -3.78. The van der Waals surface area contributed by atoms with Crippen LogP contribution in [0.3, 0.4) is 0 Å². The van der Waals surface area contributed by atoms with Gasteiger partial charge >= 0.3 is 0 Å². The van der Waals surface area contributed by atoms with E-state index in [2.05, 4.69) is 0 Å². The Morgan fingerprint density at radius 3 is 2.35 bits per heavy atom. The molecule has 0 spiro atoms. The number of hydrogen-bond acceptors (Lipinski definition) is 7. The van der Waals surface area contributed by atoms with Crippen LogP contribution < -0.4 is 9.47 Å². The molecule has 0 aliphatic carbocycles. The van der Waals surface area contributed by atoms with Gasteiger partial charge in [0.1, 0.15) is 16.4 Å². The zero-order chi connectivity index (χ0) is 18.9. The first-order valence-corrected chi connectivity index (χ1v) is 10.5. The molecule has 0 N–H and O–H groups in total. The number of benzene rings is 1. The van der Waals surface area contributed by atoms with Crippen molar-refractivity contribution in [2.75, 3.05) is 33.1 Å². The van der Waals surface area contributed by atoms with E-state index in [0.717, 1.165) is 11.8 Å². The summed E-state index contributed by atoms with van der Waals surface area (Å²) in [5, 5.41) is -0.245. The second kappa shape index (κ2) is 7.45. The number of carbonyl (C=O) groups excluding carboxylic acids is 2. The number of amides is 2. The fraction of sp³-hybridized carbons (Fsp3) is 0.500. The second-order valence-electron chi connectivity index (χ2n) is 5.97. The van der Waals surface area contributed by atoms with Crippen LogP contribution in [0.5, 0.6) is 11.5 Å². The molecule has 0 saturated carbocycles. The summed E-state index contributed by atoms with van der Waals surface area (Å²) in [4.78, 5) is 25.0. The van der Waals surface area contributed by atoms with Crippen LogP contribution in [0.1, 0.15) is 12.8 Å². The number of thioether (sulfide) groups is 1. The average molecular weight is 400 g/mol. The fourth-order valence-corrected chi connectivity index (χ4v) is 5.60. The Morgan fingerprint density at radius 1 is 1.12 bits per heavy atom. The Bertz CT molecular complexity index is 802. The van der Waals surface area contributed by atoms with Crippen LogP contribution in [0.25, 0.3) is 0 Å². The number of methoxy groups -OCH3 is 2. The quantitative estimate of drug-likeness (QED) is 0.740. The second-order valence-corrected chi connectivity index (χ2v) is 8.80. The van der Waals surface area contributed by atoms with E-state index in [-0.39, 0.29) is 46.7 Å². The molecule has 142 valence electrons. The molecule has 8 nitrogen and oxygen atoms in total. The van der Waals surface area contributed by atoms with Crippen molar-refractivity contribution in [3.63, 3.8) is 0 Å². The third-order valence-electron chi connectivity index (χ3n) is 4.56. The van der Waals surface area contributed by atoms with Crippen LogP contribution in [0.4, 0.5) is 4.79 Å². The van der Waals surface area contributed by atoms with Crippen LogP contribution in [0, 0.1) is 0 Å². The molecule has 2 aliphatic rings. The van der Waals surface area contributed by atoms with Gasteiger partial charge in [0.15, 0.2) is 0 Å². The molecule has 0 radical (unpaired) electrons. The maximum absolute atomic E-state index is 13.0. The Kier molecular flexibility index (Phi) is 5.44. The van der Waals surface area contributed by atoms with E-state index in [0.29, 0.717) is 18.6 Å². The van der Waals surface area contributed by atoms with Gasteiger partial charge in [-0.1, -0.05) is 11.8 Å². The van der Waals surface area contributed by atoms with Gasteiger partial charge in [0.25, 0.3) is 5.24 Å². The summed E-state index contributed by atoms with van der Waals surface area (Å²) < 4.78 is 37.7. The van der Waals surface area contributed by atoms with Gasteiger partial charge in [0, 0.05) is 25.2 Å². The summed E-state index contributed by atoms with van der Waals surface area (Å²) in [6, 6.07) is 4.37. The van der Waals surface area contributed by atoms with Crippen LogP contribution in [0.15, 0.2) is 23.1 Å².